The Morgan fingerprint density at radius 2 is 0.632 bits per heavy atom. The van der Waals surface area contributed by atoms with Gasteiger partial charge in [-0.3, -0.25) is 27.7 Å². The van der Waals surface area contributed by atoms with Gasteiger partial charge >= 0.3 is 27.6 Å². The average Bonchev–Trinajstić information content (AvgIpc) is 3.31. The molecule has 0 aliphatic heterocycles. The van der Waals surface area contributed by atoms with Crippen LogP contribution in [0, 0.1) is 0 Å². The van der Waals surface area contributed by atoms with Crippen molar-refractivity contribution in [3.63, 3.8) is 0 Å². The minimum Gasteiger partial charge on any atom is -0.463 e. The zero-order chi connectivity index (χ0) is 50.2. The fraction of sp³-hybridized carbons (Fsp3) is 0.843. The van der Waals surface area contributed by atoms with E-state index in [0.29, 0.717) is 12.8 Å². The first-order chi connectivity index (χ1) is 32.8. The summed E-state index contributed by atoms with van der Waals surface area (Å²) in [4.78, 5) is 43.9. The van der Waals surface area contributed by atoms with Crippen molar-refractivity contribution < 1.29 is 71.4 Å². The molecule has 0 spiro atoms. The molecule has 0 radical (unpaired) electrons. The van der Waals surface area contributed by atoms with Crippen LogP contribution in [-0.2, 0) is 46.3 Å². The average molecular weight is 1010 g/mol. The Hall–Kier alpha value is -1.74. The Balaban J connectivity index is 3.85. The molecule has 15 nitrogen and oxygen atoms in total. The minimum absolute atomic E-state index is 0.188. The number of aliphatic hydroxyl groups is 3. The summed E-state index contributed by atoms with van der Waals surface area (Å²) in [6.07, 6.45) is 44.1. The molecule has 5 N–H and O–H groups in total. The number of unbranched alkanes of at least 4 members (excludes halogenated alkanes) is 25. The number of carbonyl (C=O) groups is 2. The third kappa shape index (κ3) is 49.2. The molecule has 0 bridgehead atoms. The molecule has 0 saturated heterocycles. The number of rotatable bonds is 51. The van der Waals surface area contributed by atoms with Gasteiger partial charge in [0.05, 0.1) is 26.4 Å². The van der Waals surface area contributed by atoms with E-state index in [0.717, 1.165) is 57.8 Å². The second-order valence-electron chi connectivity index (χ2n) is 17.9. The first-order valence-electron chi connectivity index (χ1n) is 26.3. The van der Waals surface area contributed by atoms with Gasteiger partial charge in [0, 0.05) is 12.8 Å². The Kier molecular flexibility index (Phi) is 46.4. The summed E-state index contributed by atoms with van der Waals surface area (Å²) < 4.78 is 53.1. The van der Waals surface area contributed by atoms with Crippen LogP contribution in [0.25, 0.3) is 0 Å². The Morgan fingerprint density at radius 3 is 0.971 bits per heavy atom. The molecular weight excluding hydrogens is 914 g/mol. The van der Waals surface area contributed by atoms with E-state index in [2.05, 4.69) is 59.4 Å². The number of hydrogen-bond acceptors (Lipinski definition) is 13. The summed E-state index contributed by atoms with van der Waals surface area (Å²) >= 11 is 0. The van der Waals surface area contributed by atoms with Crippen LogP contribution < -0.4 is 0 Å². The summed E-state index contributed by atoms with van der Waals surface area (Å²) in [6.45, 7) is 0.411. The maximum Gasteiger partial charge on any atom is 0.472 e. The van der Waals surface area contributed by atoms with Crippen molar-refractivity contribution in [3.8, 4) is 0 Å². The lowest BCUT2D eigenvalue weighted by Crippen LogP contribution is -2.25. The Bertz CT molecular complexity index is 1360. The number of aliphatic hydroxyl groups excluding tert-OH is 3. The normalized spacial score (nSPS) is 15.2. The van der Waals surface area contributed by atoms with Crippen molar-refractivity contribution in [2.24, 2.45) is 0 Å². The molecule has 0 saturated carbocycles. The van der Waals surface area contributed by atoms with E-state index in [-0.39, 0.29) is 12.8 Å². The molecule has 0 rings (SSSR count). The molecule has 0 aromatic carbocycles. The van der Waals surface area contributed by atoms with Gasteiger partial charge < -0.3 is 34.6 Å². The van der Waals surface area contributed by atoms with Crippen LogP contribution in [0.15, 0.2) is 36.5 Å². The highest BCUT2D eigenvalue weighted by Crippen LogP contribution is 2.45. The van der Waals surface area contributed by atoms with Gasteiger partial charge in [0.25, 0.3) is 0 Å². The van der Waals surface area contributed by atoms with E-state index in [4.69, 9.17) is 18.5 Å². The molecule has 68 heavy (non-hydrogen) atoms. The lowest BCUT2D eigenvalue weighted by atomic mass is 10.1. The number of hydrogen-bond donors (Lipinski definition) is 5. The van der Waals surface area contributed by atoms with Crippen molar-refractivity contribution in [1.29, 1.82) is 0 Å². The first kappa shape index (κ1) is 66.3. The van der Waals surface area contributed by atoms with Crippen LogP contribution in [0.3, 0.4) is 0 Å². The van der Waals surface area contributed by atoms with Crippen LogP contribution in [0.4, 0.5) is 0 Å². The highest BCUT2D eigenvalue weighted by atomic mass is 31.2. The smallest absolute Gasteiger partial charge is 0.463 e. The molecule has 0 amide bonds. The van der Waals surface area contributed by atoms with Gasteiger partial charge in [-0.15, -0.1) is 0 Å². The van der Waals surface area contributed by atoms with Crippen molar-refractivity contribution in [1.82, 2.24) is 0 Å². The standard InChI is InChI=1S/C51H96O15P2/c1-3-5-7-9-11-13-15-17-19-21-22-24-26-28-30-32-34-36-38-40-51(56)62-42-48(53)44-64-68(59,60)66-46-49(54)45-65-67(57,58)63-43-47(52)41-61-50(55)39-37-35-33-31-29-27-25-23-20-18-16-14-12-10-8-6-4-2/h12,14,17-20,47-49,52-54H,3-11,13,15-16,21-46H2,1-2H3,(H,57,58)(H,59,60)/b14-12-,19-17+,20-18-. The number of phosphoric ester groups is 2. The van der Waals surface area contributed by atoms with Crippen molar-refractivity contribution in [2.75, 3.05) is 39.6 Å². The minimum atomic E-state index is -4.79. The number of phosphoric acid groups is 2. The van der Waals surface area contributed by atoms with Crippen LogP contribution in [-0.4, -0.2) is 95.0 Å². The highest BCUT2D eigenvalue weighted by Gasteiger charge is 2.28. The van der Waals surface area contributed by atoms with E-state index in [1.807, 2.05) is 0 Å². The van der Waals surface area contributed by atoms with Crippen LogP contribution in [0.5, 0.6) is 0 Å². The van der Waals surface area contributed by atoms with E-state index < -0.39 is 85.5 Å². The maximum atomic E-state index is 12.2. The van der Waals surface area contributed by atoms with Crippen LogP contribution >= 0.6 is 15.6 Å². The van der Waals surface area contributed by atoms with Gasteiger partial charge in [-0.2, -0.15) is 0 Å². The molecule has 17 heteroatoms. The number of ether oxygens (including phenoxy) is 2. The third-order valence-electron chi connectivity index (χ3n) is 11.1. The molecule has 0 aliphatic carbocycles. The molecule has 0 aromatic rings. The van der Waals surface area contributed by atoms with Crippen molar-refractivity contribution in [2.45, 2.75) is 238 Å². The second-order valence-corrected chi connectivity index (χ2v) is 20.8. The van der Waals surface area contributed by atoms with Gasteiger partial charge in [-0.05, 0) is 70.6 Å². The van der Waals surface area contributed by atoms with Gasteiger partial charge in [0.1, 0.15) is 31.5 Å². The number of esters is 2. The highest BCUT2D eigenvalue weighted by molar-refractivity contribution is 7.47. The van der Waals surface area contributed by atoms with Gasteiger partial charge in [-0.1, -0.05) is 172 Å². The number of allylic oxidation sites excluding steroid dienone is 6. The SMILES string of the molecule is CCCCC/C=C\C/C=C\CCCCCCCCCC(=O)OCC(O)COP(=O)(O)OCC(O)COP(=O)(O)OCC(O)COC(=O)CCCCCCCCCCC/C=C/CCCCCCCC. The summed E-state index contributed by atoms with van der Waals surface area (Å²) in [6, 6.07) is 0. The molecular formula is C51H96O15P2. The van der Waals surface area contributed by atoms with E-state index in [1.165, 1.54) is 122 Å². The van der Waals surface area contributed by atoms with Gasteiger partial charge in [-0.25, -0.2) is 9.13 Å². The summed E-state index contributed by atoms with van der Waals surface area (Å²) in [5.74, 6) is -1.000. The Morgan fingerprint density at radius 1 is 0.382 bits per heavy atom. The molecule has 0 heterocycles. The maximum absolute atomic E-state index is 12.2. The third-order valence-corrected chi connectivity index (χ3v) is 13.0. The van der Waals surface area contributed by atoms with Crippen LogP contribution in [0.2, 0.25) is 0 Å². The summed E-state index contributed by atoms with van der Waals surface area (Å²) in [7, 11) is -9.58. The summed E-state index contributed by atoms with van der Waals surface area (Å²) in [5.41, 5.74) is 0. The van der Waals surface area contributed by atoms with Crippen LogP contribution in [0.1, 0.15) is 219 Å². The summed E-state index contributed by atoms with van der Waals surface area (Å²) in [5, 5.41) is 30.1. The second kappa shape index (κ2) is 47.6. The Labute approximate surface area is 411 Å². The predicted octanol–water partition coefficient (Wildman–Crippen LogP) is 12.6. The van der Waals surface area contributed by atoms with E-state index >= 15 is 0 Å². The predicted molar refractivity (Wildman–Crippen MR) is 270 cm³/mol. The molecule has 400 valence electrons. The quantitative estimate of drug-likeness (QED) is 0.0165. The zero-order valence-electron chi connectivity index (χ0n) is 42.3. The van der Waals surface area contributed by atoms with Gasteiger partial charge in [0.2, 0.25) is 0 Å². The lowest BCUT2D eigenvalue weighted by Gasteiger charge is -2.19. The molecule has 5 atom stereocenters. The first-order valence-corrected chi connectivity index (χ1v) is 29.3. The fourth-order valence-electron chi connectivity index (χ4n) is 6.94. The topological polar surface area (TPSA) is 225 Å². The lowest BCUT2D eigenvalue weighted by molar-refractivity contribution is -0.148. The zero-order valence-corrected chi connectivity index (χ0v) is 44.1. The van der Waals surface area contributed by atoms with Crippen molar-refractivity contribution >= 4 is 27.6 Å². The molecule has 5 unspecified atom stereocenters. The van der Waals surface area contributed by atoms with Gasteiger partial charge in [0.15, 0.2) is 0 Å². The number of carbonyl (C=O) groups excluding carboxylic acids is 2. The van der Waals surface area contributed by atoms with Crippen molar-refractivity contribution in [3.05, 3.63) is 36.5 Å². The van der Waals surface area contributed by atoms with E-state index in [1.54, 1.807) is 0 Å². The largest absolute Gasteiger partial charge is 0.472 e. The fourth-order valence-corrected chi connectivity index (χ4v) is 8.53. The molecule has 0 aliphatic rings. The van der Waals surface area contributed by atoms with E-state index in [9.17, 15) is 43.8 Å². The molecule has 0 aromatic heterocycles. The molecule has 0 fully saturated rings. The monoisotopic (exact) mass is 1010 g/mol.